The molecule has 104 valence electrons. The van der Waals surface area contributed by atoms with Crippen LogP contribution in [0.2, 0.25) is 5.02 Å². The van der Waals surface area contributed by atoms with Gasteiger partial charge in [0.05, 0.1) is 5.69 Å². The van der Waals surface area contributed by atoms with Crippen LogP contribution < -0.4 is 0 Å². The van der Waals surface area contributed by atoms with Gasteiger partial charge in [-0.2, -0.15) is 0 Å². The molecular weight excluding hydrogens is 296 g/mol. The third kappa shape index (κ3) is 3.29. The lowest BCUT2D eigenvalue weighted by Crippen LogP contribution is -2.08. The predicted octanol–water partition coefficient (Wildman–Crippen LogP) is 3.74. The first kappa shape index (κ1) is 14.8. The molecule has 1 aromatic carbocycles. The largest absolute Gasteiger partial charge is 0.478 e. The Morgan fingerprint density at radius 1 is 1.30 bits per heavy atom. The van der Waals surface area contributed by atoms with Crippen LogP contribution in [0, 0.1) is 13.8 Å². The van der Waals surface area contributed by atoms with Gasteiger partial charge in [0.25, 0.3) is 0 Å². The van der Waals surface area contributed by atoms with Crippen LogP contribution >= 0.6 is 23.4 Å². The SMILES string of the molecule is Cc1nc(C)c(C(=O)O)c(SCc2ccccc2Cl)n1. The zero-order valence-electron chi connectivity index (χ0n) is 11.1. The van der Waals surface area contributed by atoms with E-state index in [9.17, 15) is 9.90 Å². The monoisotopic (exact) mass is 308 g/mol. The summed E-state index contributed by atoms with van der Waals surface area (Å²) in [5, 5.41) is 10.4. The summed E-state index contributed by atoms with van der Waals surface area (Å²) in [5.41, 5.74) is 1.59. The first-order chi connectivity index (χ1) is 9.49. The second kappa shape index (κ2) is 6.24. The average Bonchev–Trinajstić information content (AvgIpc) is 2.36. The van der Waals surface area contributed by atoms with Gasteiger partial charge < -0.3 is 5.11 Å². The van der Waals surface area contributed by atoms with Crippen LogP contribution in [0.25, 0.3) is 0 Å². The highest BCUT2D eigenvalue weighted by Crippen LogP contribution is 2.28. The van der Waals surface area contributed by atoms with Crippen molar-refractivity contribution in [2.45, 2.75) is 24.6 Å². The molecular formula is C14H13ClN2O2S. The summed E-state index contributed by atoms with van der Waals surface area (Å²) in [6.45, 7) is 3.43. The lowest BCUT2D eigenvalue weighted by Gasteiger charge is -2.09. The number of rotatable bonds is 4. The van der Waals surface area contributed by atoms with Crippen molar-refractivity contribution < 1.29 is 9.90 Å². The van der Waals surface area contributed by atoms with E-state index >= 15 is 0 Å². The highest BCUT2D eigenvalue weighted by Gasteiger charge is 2.17. The maximum atomic E-state index is 11.3. The molecule has 0 bridgehead atoms. The van der Waals surface area contributed by atoms with E-state index in [-0.39, 0.29) is 5.56 Å². The minimum atomic E-state index is -1.01. The van der Waals surface area contributed by atoms with Gasteiger partial charge in [0, 0.05) is 10.8 Å². The molecule has 0 fully saturated rings. The van der Waals surface area contributed by atoms with Crippen LogP contribution in [0.15, 0.2) is 29.3 Å². The maximum absolute atomic E-state index is 11.3. The number of carboxylic acid groups (broad SMARTS) is 1. The number of aryl methyl sites for hydroxylation is 2. The second-order valence-electron chi connectivity index (χ2n) is 4.22. The molecule has 20 heavy (non-hydrogen) atoms. The molecule has 0 saturated heterocycles. The molecule has 0 aliphatic carbocycles. The van der Waals surface area contributed by atoms with E-state index in [1.807, 2.05) is 24.3 Å². The van der Waals surface area contributed by atoms with Crippen molar-refractivity contribution in [3.8, 4) is 0 Å². The quantitative estimate of drug-likeness (QED) is 0.688. The lowest BCUT2D eigenvalue weighted by atomic mass is 10.2. The Kier molecular flexibility index (Phi) is 4.62. The molecule has 0 aliphatic heterocycles. The molecule has 1 heterocycles. The highest BCUT2D eigenvalue weighted by atomic mass is 35.5. The van der Waals surface area contributed by atoms with Gasteiger partial charge in [0.1, 0.15) is 16.4 Å². The van der Waals surface area contributed by atoms with Crippen molar-refractivity contribution >= 4 is 29.3 Å². The number of carbonyl (C=O) groups is 1. The number of hydrogen-bond donors (Lipinski definition) is 1. The molecule has 1 N–H and O–H groups in total. The Hall–Kier alpha value is -1.59. The minimum absolute atomic E-state index is 0.160. The smallest absolute Gasteiger partial charge is 0.340 e. The van der Waals surface area contributed by atoms with Crippen LogP contribution in [0.1, 0.15) is 27.4 Å². The van der Waals surface area contributed by atoms with Crippen molar-refractivity contribution in [1.82, 2.24) is 9.97 Å². The van der Waals surface area contributed by atoms with Crippen LogP contribution in [-0.4, -0.2) is 21.0 Å². The molecule has 0 atom stereocenters. The summed E-state index contributed by atoms with van der Waals surface area (Å²) < 4.78 is 0. The molecule has 0 aliphatic rings. The molecule has 6 heteroatoms. The Bertz CT molecular complexity index is 662. The zero-order chi connectivity index (χ0) is 14.7. The topological polar surface area (TPSA) is 63.1 Å². The van der Waals surface area contributed by atoms with Crippen molar-refractivity contribution in [3.63, 3.8) is 0 Å². The van der Waals surface area contributed by atoms with Crippen molar-refractivity contribution in [2.24, 2.45) is 0 Å². The average molecular weight is 309 g/mol. The number of benzene rings is 1. The van der Waals surface area contributed by atoms with Crippen LogP contribution in [0.3, 0.4) is 0 Å². The standard InChI is InChI=1S/C14H13ClN2O2S/c1-8-12(14(18)19)13(17-9(2)16-8)20-7-10-5-3-4-6-11(10)15/h3-6H,7H2,1-2H3,(H,18,19). The number of aromatic carboxylic acids is 1. The molecule has 2 aromatic rings. The molecule has 0 saturated carbocycles. The lowest BCUT2D eigenvalue weighted by molar-refractivity contribution is 0.0690. The molecule has 0 spiro atoms. The Balaban J connectivity index is 2.30. The van der Waals surface area contributed by atoms with Gasteiger partial charge in [-0.3, -0.25) is 0 Å². The summed E-state index contributed by atoms with van der Waals surface area (Å²) in [7, 11) is 0. The van der Waals surface area contributed by atoms with Gasteiger partial charge in [-0.25, -0.2) is 14.8 Å². The Labute approximate surface area is 126 Å². The molecule has 0 amide bonds. The summed E-state index contributed by atoms with van der Waals surface area (Å²) in [4.78, 5) is 19.6. The molecule has 0 radical (unpaired) electrons. The van der Waals surface area contributed by atoms with Gasteiger partial charge in [0.15, 0.2) is 0 Å². The van der Waals surface area contributed by atoms with Gasteiger partial charge in [-0.15, -0.1) is 11.8 Å². The van der Waals surface area contributed by atoms with E-state index in [1.165, 1.54) is 11.8 Å². The first-order valence-electron chi connectivity index (χ1n) is 5.93. The fourth-order valence-corrected chi connectivity index (χ4v) is 3.20. The number of hydrogen-bond acceptors (Lipinski definition) is 4. The number of carboxylic acids is 1. The maximum Gasteiger partial charge on any atom is 0.340 e. The molecule has 2 rings (SSSR count). The summed E-state index contributed by atoms with van der Waals surface area (Å²) >= 11 is 7.45. The zero-order valence-corrected chi connectivity index (χ0v) is 12.6. The fourth-order valence-electron chi connectivity index (χ4n) is 1.79. The Morgan fingerprint density at radius 3 is 2.65 bits per heavy atom. The second-order valence-corrected chi connectivity index (χ2v) is 5.59. The van der Waals surface area contributed by atoms with E-state index in [0.29, 0.717) is 27.3 Å². The van der Waals surface area contributed by atoms with E-state index < -0.39 is 5.97 Å². The predicted molar refractivity (Wildman–Crippen MR) is 79.5 cm³/mol. The van der Waals surface area contributed by atoms with Crippen LogP contribution in [0.5, 0.6) is 0 Å². The first-order valence-corrected chi connectivity index (χ1v) is 7.30. The summed E-state index contributed by atoms with van der Waals surface area (Å²) in [6.07, 6.45) is 0. The number of halogens is 1. The highest BCUT2D eigenvalue weighted by molar-refractivity contribution is 7.98. The normalized spacial score (nSPS) is 10.6. The Morgan fingerprint density at radius 2 is 2.00 bits per heavy atom. The van der Waals surface area contributed by atoms with Crippen molar-refractivity contribution in [1.29, 1.82) is 0 Å². The summed E-state index contributed by atoms with van der Waals surface area (Å²) in [5.74, 6) is 0.119. The number of nitrogens with zero attached hydrogens (tertiary/aromatic N) is 2. The number of thioether (sulfide) groups is 1. The van der Waals surface area contributed by atoms with E-state index in [2.05, 4.69) is 9.97 Å². The fraction of sp³-hybridized carbons (Fsp3) is 0.214. The van der Waals surface area contributed by atoms with Gasteiger partial charge >= 0.3 is 5.97 Å². The van der Waals surface area contributed by atoms with Crippen molar-refractivity contribution in [2.75, 3.05) is 0 Å². The molecule has 4 nitrogen and oxygen atoms in total. The van der Waals surface area contributed by atoms with Crippen LogP contribution in [0.4, 0.5) is 0 Å². The van der Waals surface area contributed by atoms with E-state index in [4.69, 9.17) is 11.6 Å². The van der Waals surface area contributed by atoms with E-state index in [0.717, 1.165) is 5.56 Å². The van der Waals surface area contributed by atoms with E-state index in [1.54, 1.807) is 13.8 Å². The molecule has 1 aromatic heterocycles. The van der Waals surface area contributed by atoms with Crippen molar-refractivity contribution in [3.05, 3.63) is 51.9 Å². The third-order valence-electron chi connectivity index (χ3n) is 2.70. The minimum Gasteiger partial charge on any atom is -0.478 e. The summed E-state index contributed by atoms with van der Waals surface area (Å²) in [6, 6.07) is 7.48. The van der Waals surface area contributed by atoms with Gasteiger partial charge in [0.2, 0.25) is 0 Å². The van der Waals surface area contributed by atoms with Gasteiger partial charge in [-0.1, -0.05) is 29.8 Å². The third-order valence-corrected chi connectivity index (χ3v) is 4.10. The van der Waals surface area contributed by atoms with Gasteiger partial charge in [-0.05, 0) is 25.5 Å². The molecule has 0 unspecified atom stereocenters. The van der Waals surface area contributed by atoms with Crippen LogP contribution in [-0.2, 0) is 5.75 Å². The number of aromatic nitrogens is 2.